The van der Waals surface area contributed by atoms with Gasteiger partial charge in [0.05, 0.1) is 0 Å². The number of benzene rings is 1. The second-order valence-electron chi connectivity index (χ2n) is 4.75. The molecule has 4 N–H and O–H groups in total. The summed E-state index contributed by atoms with van der Waals surface area (Å²) in [6.07, 6.45) is 0. The summed E-state index contributed by atoms with van der Waals surface area (Å²) in [7, 11) is 0. The quantitative estimate of drug-likeness (QED) is 0.784. The van der Waals surface area contributed by atoms with Crippen molar-refractivity contribution in [2.45, 2.75) is 26.8 Å². The van der Waals surface area contributed by atoms with Crippen LogP contribution in [0, 0.1) is 18.2 Å². The predicted molar refractivity (Wildman–Crippen MR) is 67.8 cm³/mol. The number of nitrogens with two attached hydrogens (primary N) is 1. The number of halogens is 2. The minimum atomic E-state index is -0.690. The molecule has 1 aromatic rings. The molecule has 0 unspecified atom stereocenters. The number of rotatable bonds is 3. The van der Waals surface area contributed by atoms with Crippen molar-refractivity contribution in [1.82, 2.24) is 0 Å². The van der Waals surface area contributed by atoms with Crippen LogP contribution in [0.25, 0.3) is 0 Å². The van der Waals surface area contributed by atoms with Gasteiger partial charge in [-0.25, -0.2) is 4.39 Å². The monoisotopic (exact) mass is 263 g/mol. The Hall–Kier alpha value is -0.840. The summed E-state index contributed by atoms with van der Waals surface area (Å²) in [6.45, 7) is 5.15. The highest BCUT2D eigenvalue weighted by Crippen LogP contribution is 2.38. The van der Waals surface area contributed by atoms with Crippen molar-refractivity contribution in [2.75, 3.05) is 6.61 Å². The SMILES string of the molecule is Cc1ccc(F)c(O)c1[C@@H](N)C(C)(C)CO.Cl. The molecule has 0 aliphatic heterocycles. The molecule has 0 amide bonds. The normalized spacial score (nSPS) is 13.1. The summed E-state index contributed by atoms with van der Waals surface area (Å²) in [5.74, 6) is -1.11. The molecule has 5 heteroatoms. The van der Waals surface area contributed by atoms with Crippen LogP contribution >= 0.6 is 12.4 Å². The molecule has 0 saturated heterocycles. The molecule has 0 aliphatic rings. The smallest absolute Gasteiger partial charge is 0.165 e. The molecule has 0 radical (unpaired) electrons. The molecule has 0 bridgehead atoms. The molecule has 1 atom stereocenters. The van der Waals surface area contributed by atoms with Gasteiger partial charge in [-0.15, -0.1) is 12.4 Å². The van der Waals surface area contributed by atoms with E-state index in [0.29, 0.717) is 11.1 Å². The Kier molecular flexibility index (Phi) is 5.39. The molecule has 1 aromatic carbocycles. The van der Waals surface area contributed by atoms with Crippen LogP contribution in [0.1, 0.15) is 31.0 Å². The van der Waals surface area contributed by atoms with Crippen molar-refractivity contribution < 1.29 is 14.6 Å². The van der Waals surface area contributed by atoms with Gasteiger partial charge in [0, 0.05) is 23.6 Å². The van der Waals surface area contributed by atoms with Gasteiger partial charge >= 0.3 is 0 Å². The molecular weight excluding hydrogens is 245 g/mol. The van der Waals surface area contributed by atoms with Gasteiger partial charge in [-0.2, -0.15) is 0 Å². The number of phenols is 1. The zero-order valence-corrected chi connectivity index (χ0v) is 11.0. The van der Waals surface area contributed by atoms with E-state index in [4.69, 9.17) is 5.73 Å². The Labute approximate surface area is 107 Å². The lowest BCUT2D eigenvalue weighted by atomic mass is 9.80. The van der Waals surface area contributed by atoms with E-state index in [2.05, 4.69) is 0 Å². The molecule has 0 spiro atoms. The number of aliphatic hydroxyl groups excluding tert-OH is 1. The highest BCUT2D eigenvalue weighted by molar-refractivity contribution is 5.85. The average molecular weight is 264 g/mol. The van der Waals surface area contributed by atoms with Crippen molar-refractivity contribution >= 4 is 12.4 Å². The van der Waals surface area contributed by atoms with Gasteiger partial charge in [0.2, 0.25) is 0 Å². The zero-order chi connectivity index (χ0) is 12.5. The minimum absolute atomic E-state index is 0. The summed E-state index contributed by atoms with van der Waals surface area (Å²) in [5, 5.41) is 18.9. The van der Waals surface area contributed by atoms with Crippen LogP contribution in [0.15, 0.2) is 12.1 Å². The molecule has 17 heavy (non-hydrogen) atoms. The lowest BCUT2D eigenvalue weighted by molar-refractivity contribution is 0.130. The Morgan fingerprint density at radius 1 is 1.41 bits per heavy atom. The van der Waals surface area contributed by atoms with Gasteiger partial charge in [-0.3, -0.25) is 0 Å². The largest absolute Gasteiger partial charge is 0.505 e. The average Bonchev–Trinajstić information content (AvgIpc) is 2.24. The molecular formula is C12H19ClFNO2. The first-order valence-corrected chi connectivity index (χ1v) is 5.15. The van der Waals surface area contributed by atoms with E-state index in [-0.39, 0.29) is 19.0 Å². The Bertz CT molecular complexity index is 396. The van der Waals surface area contributed by atoms with Crippen LogP contribution in [0.5, 0.6) is 5.75 Å². The lowest BCUT2D eigenvalue weighted by Crippen LogP contribution is -2.33. The van der Waals surface area contributed by atoms with Crippen LogP contribution in [-0.4, -0.2) is 16.8 Å². The number of hydrogen-bond acceptors (Lipinski definition) is 3. The third-order valence-corrected chi connectivity index (χ3v) is 2.95. The van der Waals surface area contributed by atoms with Gasteiger partial charge in [0.25, 0.3) is 0 Å². The fourth-order valence-corrected chi connectivity index (χ4v) is 1.56. The highest BCUT2D eigenvalue weighted by atomic mass is 35.5. The molecule has 0 saturated carbocycles. The Morgan fingerprint density at radius 3 is 2.41 bits per heavy atom. The van der Waals surface area contributed by atoms with Crippen LogP contribution in [0.3, 0.4) is 0 Å². The van der Waals surface area contributed by atoms with Crippen molar-refractivity contribution in [3.63, 3.8) is 0 Å². The van der Waals surface area contributed by atoms with Gasteiger partial charge in [-0.05, 0) is 18.6 Å². The van der Waals surface area contributed by atoms with Crippen molar-refractivity contribution in [3.8, 4) is 5.75 Å². The summed E-state index contributed by atoms with van der Waals surface area (Å²) in [6, 6.07) is 2.15. The van der Waals surface area contributed by atoms with Gasteiger partial charge in [0.15, 0.2) is 11.6 Å². The Balaban J connectivity index is 0.00000256. The first-order chi connectivity index (χ1) is 7.31. The van der Waals surface area contributed by atoms with Gasteiger partial charge in [-0.1, -0.05) is 19.9 Å². The number of phenolic OH excluding ortho intramolecular Hbond substituents is 1. The molecule has 1 rings (SSSR count). The number of aryl methyl sites for hydroxylation is 1. The zero-order valence-electron chi connectivity index (χ0n) is 10.2. The Morgan fingerprint density at radius 2 is 1.94 bits per heavy atom. The van der Waals surface area contributed by atoms with Crippen LogP contribution in [0.4, 0.5) is 4.39 Å². The van der Waals surface area contributed by atoms with Crippen molar-refractivity contribution in [1.29, 1.82) is 0 Å². The van der Waals surface area contributed by atoms with E-state index >= 15 is 0 Å². The maximum Gasteiger partial charge on any atom is 0.165 e. The van der Waals surface area contributed by atoms with Gasteiger partial charge < -0.3 is 15.9 Å². The predicted octanol–water partition coefficient (Wildman–Crippen LogP) is 2.28. The summed E-state index contributed by atoms with van der Waals surface area (Å²) < 4.78 is 13.2. The van der Waals surface area contributed by atoms with Crippen LogP contribution in [-0.2, 0) is 0 Å². The molecule has 0 aliphatic carbocycles. The summed E-state index contributed by atoms with van der Waals surface area (Å²) in [5.41, 5.74) is 6.43. The lowest BCUT2D eigenvalue weighted by Gasteiger charge is -2.31. The van der Waals surface area contributed by atoms with Crippen molar-refractivity contribution in [2.24, 2.45) is 11.1 Å². The van der Waals surface area contributed by atoms with Gasteiger partial charge in [0.1, 0.15) is 0 Å². The second-order valence-corrected chi connectivity index (χ2v) is 4.75. The first-order valence-electron chi connectivity index (χ1n) is 5.15. The molecule has 3 nitrogen and oxygen atoms in total. The summed E-state index contributed by atoms with van der Waals surface area (Å²) >= 11 is 0. The molecule has 0 fully saturated rings. The van der Waals surface area contributed by atoms with Crippen LogP contribution in [0.2, 0.25) is 0 Å². The topological polar surface area (TPSA) is 66.5 Å². The number of hydrogen-bond donors (Lipinski definition) is 3. The summed E-state index contributed by atoms with van der Waals surface area (Å²) in [4.78, 5) is 0. The number of aromatic hydroxyl groups is 1. The van der Waals surface area contributed by atoms with Crippen LogP contribution < -0.4 is 5.73 Å². The minimum Gasteiger partial charge on any atom is -0.505 e. The first kappa shape index (κ1) is 16.2. The van der Waals surface area contributed by atoms with E-state index in [1.807, 2.05) is 0 Å². The van der Waals surface area contributed by atoms with Crippen molar-refractivity contribution in [3.05, 3.63) is 29.1 Å². The molecule has 0 aromatic heterocycles. The van der Waals surface area contributed by atoms with E-state index in [1.165, 1.54) is 6.07 Å². The standard InChI is InChI=1S/C12H18FNO2.ClH/c1-7-4-5-8(13)10(16)9(7)11(14)12(2,3)6-15;/h4-5,11,15-16H,6,14H2,1-3H3;1H/t11-;/m1./s1. The highest BCUT2D eigenvalue weighted by Gasteiger charge is 2.30. The third kappa shape index (κ3) is 3.09. The van der Waals surface area contributed by atoms with E-state index < -0.39 is 23.0 Å². The maximum atomic E-state index is 13.2. The second kappa shape index (κ2) is 5.67. The number of aliphatic hydroxyl groups is 1. The van der Waals surface area contributed by atoms with E-state index in [1.54, 1.807) is 26.8 Å². The van der Waals surface area contributed by atoms with E-state index in [0.717, 1.165) is 0 Å². The molecule has 98 valence electrons. The van der Waals surface area contributed by atoms with E-state index in [9.17, 15) is 14.6 Å². The third-order valence-electron chi connectivity index (χ3n) is 2.95. The maximum absolute atomic E-state index is 13.2. The fourth-order valence-electron chi connectivity index (χ4n) is 1.56. The fraction of sp³-hybridized carbons (Fsp3) is 0.500. The molecule has 0 heterocycles.